The van der Waals surface area contributed by atoms with E-state index < -0.39 is 0 Å². The summed E-state index contributed by atoms with van der Waals surface area (Å²) in [6.45, 7) is 5.25. The zero-order valence-electron chi connectivity index (χ0n) is 11.7. The highest BCUT2D eigenvalue weighted by Crippen LogP contribution is 2.42. The second-order valence-electron chi connectivity index (χ2n) is 5.50. The Hall–Kier alpha value is -1.77. The first-order valence-electron chi connectivity index (χ1n) is 7.13. The van der Waals surface area contributed by atoms with Crippen LogP contribution in [0.5, 0.6) is 0 Å². The van der Waals surface area contributed by atoms with Gasteiger partial charge in [-0.25, -0.2) is 4.98 Å². The maximum Gasteiger partial charge on any atom is 0.131 e. The minimum Gasteiger partial charge on any atom is -0.383 e. The Balaban J connectivity index is 2.08. The Morgan fingerprint density at radius 1 is 1.37 bits per heavy atom. The summed E-state index contributed by atoms with van der Waals surface area (Å²) < 4.78 is 2.22. The van der Waals surface area contributed by atoms with Crippen LogP contribution in [0.25, 0.3) is 11.3 Å². The number of hydrogen-bond acceptors (Lipinski definition) is 2. The molecule has 0 saturated heterocycles. The van der Waals surface area contributed by atoms with Crippen LogP contribution >= 0.6 is 0 Å². The SMILES string of the molecule is CCCn1c(C2CC2)nc(-c2cccc(C)c2)c1N. The monoisotopic (exact) mass is 255 g/mol. The highest BCUT2D eigenvalue weighted by Gasteiger charge is 2.30. The Bertz CT molecular complexity index is 594. The predicted molar refractivity (Wildman–Crippen MR) is 79.1 cm³/mol. The third kappa shape index (κ3) is 2.25. The fraction of sp³-hybridized carbons (Fsp3) is 0.438. The van der Waals surface area contributed by atoms with E-state index in [9.17, 15) is 0 Å². The first kappa shape index (κ1) is 12.3. The fourth-order valence-corrected chi connectivity index (χ4v) is 2.60. The van der Waals surface area contributed by atoms with Crippen molar-refractivity contribution in [3.8, 4) is 11.3 Å². The third-order valence-corrected chi connectivity index (χ3v) is 3.72. The number of imidazole rings is 1. The molecule has 1 fully saturated rings. The highest BCUT2D eigenvalue weighted by molar-refractivity contribution is 5.71. The van der Waals surface area contributed by atoms with Crippen LogP contribution in [0.2, 0.25) is 0 Å². The van der Waals surface area contributed by atoms with Crippen LogP contribution < -0.4 is 5.73 Å². The van der Waals surface area contributed by atoms with Gasteiger partial charge >= 0.3 is 0 Å². The maximum atomic E-state index is 6.34. The van der Waals surface area contributed by atoms with Crippen molar-refractivity contribution < 1.29 is 0 Å². The van der Waals surface area contributed by atoms with Crippen LogP contribution in [0.1, 0.15) is 43.5 Å². The van der Waals surface area contributed by atoms with Crippen molar-refractivity contribution in [2.75, 3.05) is 5.73 Å². The van der Waals surface area contributed by atoms with Gasteiger partial charge in [0.05, 0.1) is 0 Å². The Morgan fingerprint density at radius 2 is 2.16 bits per heavy atom. The van der Waals surface area contributed by atoms with Crippen LogP contribution in [-0.2, 0) is 6.54 Å². The van der Waals surface area contributed by atoms with Gasteiger partial charge in [-0.15, -0.1) is 0 Å². The standard InChI is InChI=1S/C16H21N3/c1-3-9-19-15(17)14(18-16(19)12-7-8-12)13-6-4-5-11(2)10-13/h4-6,10,12H,3,7-9,17H2,1-2H3. The first-order valence-corrected chi connectivity index (χ1v) is 7.13. The number of anilines is 1. The minimum absolute atomic E-state index is 0.632. The van der Waals surface area contributed by atoms with Crippen LogP contribution in [0, 0.1) is 6.92 Å². The van der Waals surface area contributed by atoms with Crippen LogP contribution in [-0.4, -0.2) is 9.55 Å². The summed E-state index contributed by atoms with van der Waals surface area (Å²) in [5.74, 6) is 2.65. The van der Waals surface area contributed by atoms with E-state index in [4.69, 9.17) is 10.7 Å². The molecule has 1 aromatic carbocycles. The molecule has 19 heavy (non-hydrogen) atoms. The number of aryl methyl sites for hydroxylation is 1. The second kappa shape index (κ2) is 4.72. The van der Waals surface area contributed by atoms with E-state index in [1.807, 2.05) is 0 Å². The lowest BCUT2D eigenvalue weighted by atomic mass is 10.1. The topological polar surface area (TPSA) is 43.8 Å². The van der Waals surface area contributed by atoms with E-state index in [-0.39, 0.29) is 0 Å². The van der Waals surface area contributed by atoms with Gasteiger partial charge in [-0.2, -0.15) is 0 Å². The minimum atomic E-state index is 0.632. The molecule has 1 saturated carbocycles. The Kier molecular flexibility index (Phi) is 3.05. The molecule has 3 heteroatoms. The summed E-state index contributed by atoms with van der Waals surface area (Å²) in [7, 11) is 0. The average Bonchev–Trinajstić information content (AvgIpc) is 3.17. The molecule has 1 aliphatic carbocycles. The molecule has 0 spiro atoms. The molecule has 3 rings (SSSR count). The van der Waals surface area contributed by atoms with Crippen LogP contribution in [0.15, 0.2) is 24.3 Å². The molecule has 0 radical (unpaired) electrons. The highest BCUT2D eigenvalue weighted by atomic mass is 15.1. The second-order valence-corrected chi connectivity index (χ2v) is 5.50. The van der Waals surface area contributed by atoms with Gasteiger partial charge in [-0.1, -0.05) is 30.7 Å². The van der Waals surface area contributed by atoms with Gasteiger partial charge in [-0.3, -0.25) is 0 Å². The normalized spacial score (nSPS) is 14.8. The molecule has 100 valence electrons. The molecule has 2 aromatic rings. The van der Waals surface area contributed by atoms with E-state index in [2.05, 4.69) is 42.7 Å². The van der Waals surface area contributed by atoms with Gasteiger partial charge in [0.15, 0.2) is 0 Å². The number of benzene rings is 1. The molecule has 2 N–H and O–H groups in total. The number of aromatic nitrogens is 2. The van der Waals surface area contributed by atoms with Crippen LogP contribution in [0.3, 0.4) is 0 Å². The van der Waals surface area contributed by atoms with E-state index in [1.165, 1.54) is 24.2 Å². The molecular formula is C16H21N3. The lowest BCUT2D eigenvalue weighted by Gasteiger charge is -2.07. The molecule has 0 atom stereocenters. The number of nitrogens with zero attached hydrogens (tertiary/aromatic N) is 2. The molecule has 0 amide bonds. The fourth-order valence-electron chi connectivity index (χ4n) is 2.60. The van der Waals surface area contributed by atoms with E-state index in [0.29, 0.717) is 5.92 Å². The van der Waals surface area contributed by atoms with Gasteiger partial charge in [-0.05, 0) is 32.3 Å². The van der Waals surface area contributed by atoms with Gasteiger partial charge in [0.25, 0.3) is 0 Å². The van der Waals surface area contributed by atoms with Crippen LogP contribution in [0.4, 0.5) is 5.82 Å². The summed E-state index contributed by atoms with van der Waals surface area (Å²) in [5.41, 5.74) is 9.67. The van der Waals surface area contributed by atoms with Gasteiger partial charge in [0, 0.05) is 18.0 Å². The summed E-state index contributed by atoms with van der Waals surface area (Å²) in [6, 6.07) is 8.43. The quantitative estimate of drug-likeness (QED) is 0.904. The zero-order valence-corrected chi connectivity index (χ0v) is 11.7. The zero-order chi connectivity index (χ0) is 13.4. The largest absolute Gasteiger partial charge is 0.383 e. The van der Waals surface area contributed by atoms with Crippen molar-refractivity contribution in [3.63, 3.8) is 0 Å². The predicted octanol–water partition coefficient (Wildman–Crippen LogP) is 3.73. The van der Waals surface area contributed by atoms with Crippen molar-refractivity contribution in [1.82, 2.24) is 9.55 Å². The number of nitrogen functional groups attached to an aromatic ring is 1. The first-order chi connectivity index (χ1) is 9.20. The number of hydrogen-bond donors (Lipinski definition) is 1. The summed E-state index contributed by atoms with van der Waals surface area (Å²) in [4.78, 5) is 4.84. The smallest absolute Gasteiger partial charge is 0.131 e. The van der Waals surface area contributed by atoms with Gasteiger partial charge in [0.2, 0.25) is 0 Å². The molecule has 1 heterocycles. The lowest BCUT2D eigenvalue weighted by molar-refractivity contribution is 0.646. The van der Waals surface area contributed by atoms with Crippen molar-refractivity contribution in [2.45, 2.75) is 45.6 Å². The van der Waals surface area contributed by atoms with E-state index >= 15 is 0 Å². The molecule has 1 aromatic heterocycles. The summed E-state index contributed by atoms with van der Waals surface area (Å²) in [5, 5.41) is 0. The molecule has 0 unspecified atom stereocenters. The van der Waals surface area contributed by atoms with E-state index in [0.717, 1.165) is 30.0 Å². The van der Waals surface area contributed by atoms with E-state index in [1.54, 1.807) is 0 Å². The van der Waals surface area contributed by atoms with Crippen molar-refractivity contribution in [2.24, 2.45) is 0 Å². The molecule has 3 nitrogen and oxygen atoms in total. The summed E-state index contributed by atoms with van der Waals surface area (Å²) >= 11 is 0. The average molecular weight is 255 g/mol. The van der Waals surface area contributed by atoms with Crippen molar-refractivity contribution >= 4 is 5.82 Å². The lowest BCUT2D eigenvalue weighted by Crippen LogP contribution is -2.06. The number of rotatable bonds is 4. The van der Waals surface area contributed by atoms with Gasteiger partial charge in [0.1, 0.15) is 17.3 Å². The molecule has 0 aliphatic heterocycles. The van der Waals surface area contributed by atoms with Gasteiger partial charge < -0.3 is 10.3 Å². The molecule has 1 aliphatic rings. The summed E-state index contributed by atoms with van der Waals surface area (Å²) in [6.07, 6.45) is 3.61. The maximum absolute atomic E-state index is 6.34. The number of nitrogens with two attached hydrogens (primary N) is 1. The Morgan fingerprint density at radius 3 is 2.79 bits per heavy atom. The Labute approximate surface area is 114 Å². The molecule has 0 bridgehead atoms. The third-order valence-electron chi connectivity index (χ3n) is 3.72. The van der Waals surface area contributed by atoms with Crippen molar-refractivity contribution in [1.29, 1.82) is 0 Å². The van der Waals surface area contributed by atoms with Crippen molar-refractivity contribution in [3.05, 3.63) is 35.7 Å². The molecular weight excluding hydrogens is 234 g/mol.